The molecule has 34 heavy (non-hydrogen) atoms. The van der Waals surface area contributed by atoms with Gasteiger partial charge >= 0.3 is 0 Å². The van der Waals surface area contributed by atoms with Crippen LogP contribution in [0.3, 0.4) is 0 Å². The Labute approximate surface area is 200 Å². The lowest BCUT2D eigenvalue weighted by Gasteiger charge is -2.19. The third-order valence-corrected chi connectivity index (χ3v) is 6.13. The lowest BCUT2D eigenvalue weighted by molar-refractivity contribution is 0.130. The number of benzene rings is 2. The summed E-state index contributed by atoms with van der Waals surface area (Å²) in [4.78, 5) is 12.0. The van der Waals surface area contributed by atoms with E-state index < -0.39 is 0 Å². The summed E-state index contributed by atoms with van der Waals surface area (Å²) in [6.07, 6.45) is 0.844. The van der Waals surface area contributed by atoms with Gasteiger partial charge in [0, 0.05) is 18.7 Å². The zero-order chi connectivity index (χ0) is 24.3. The summed E-state index contributed by atoms with van der Waals surface area (Å²) in [5.74, 6) is 1.31. The number of oxime groups is 1. The highest BCUT2D eigenvalue weighted by atomic mass is 16.6. The number of nitrogens with zero attached hydrogens (tertiary/aromatic N) is 4. The summed E-state index contributed by atoms with van der Waals surface area (Å²) < 4.78 is 5.49. The van der Waals surface area contributed by atoms with E-state index in [-0.39, 0.29) is 17.3 Å². The van der Waals surface area contributed by atoms with E-state index in [1.165, 1.54) is 5.56 Å². The average molecular weight is 461 g/mol. The Hall–Kier alpha value is -3.68. The van der Waals surface area contributed by atoms with Gasteiger partial charge in [0.05, 0.1) is 11.6 Å². The molecule has 0 amide bonds. The summed E-state index contributed by atoms with van der Waals surface area (Å²) in [5.41, 5.74) is 10.7. The number of nitrogens with one attached hydrogen (secondary N) is 1. The van der Waals surface area contributed by atoms with E-state index in [1.807, 2.05) is 36.1 Å². The van der Waals surface area contributed by atoms with Crippen molar-refractivity contribution in [3.63, 3.8) is 0 Å². The molecule has 1 aliphatic rings. The van der Waals surface area contributed by atoms with Gasteiger partial charge in [-0.3, -0.25) is 5.41 Å². The second-order valence-electron chi connectivity index (χ2n) is 9.75. The molecule has 8 heteroatoms. The molecule has 0 spiro atoms. The van der Waals surface area contributed by atoms with Crippen molar-refractivity contribution in [1.82, 2.24) is 15.0 Å². The van der Waals surface area contributed by atoms with E-state index in [9.17, 15) is 0 Å². The Kier molecular flexibility index (Phi) is 6.68. The van der Waals surface area contributed by atoms with E-state index in [2.05, 4.69) is 60.3 Å². The molecule has 178 valence electrons. The van der Waals surface area contributed by atoms with Crippen LogP contribution < -0.4 is 5.73 Å². The van der Waals surface area contributed by atoms with Gasteiger partial charge < -0.3 is 20.0 Å². The highest BCUT2D eigenvalue weighted by Crippen LogP contribution is 2.27. The standard InChI is InChI=1S/C26H32N6O2/c1-17(30-33-16-18-5-11-22(12-6-18)26(2,3)4)19-7-9-20(10-8-19)23-29-24(34-31-23)21-13-14-32(15-21)25(27)28/h5-12,21H,13-16H2,1-4H3,(H3,27,28)/b30-17+/t21-/m1/s1. The van der Waals surface area contributed by atoms with Crippen molar-refractivity contribution in [1.29, 1.82) is 5.41 Å². The fourth-order valence-corrected chi connectivity index (χ4v) is 3.92. The van der Waals surface area contributed by atoms with E-state index in [0.29, 0.717) is 24.9 Å². The molecule has 0 unspecified atom stereocenters. The lowest BCUT2D eigenvalue weighted by atomic mass is 9.87. The van der Waals surface area contributed by atoms with Gasteiger partial charge in [-0.25, -0.2) is 0 Å². The third kappa shape index (κ3) is 5.44. The van der Waals surface area contributed by atoms with Crippen molar-refractivity contribution < 1.29 is 9.36 Å². The molecule has 8 nitrogen and oxygen atoms in total. The smallest absolute Gasteiger partial charge is 0.231 e. The molecule has 1 atom stereocenters. The first-order valence-electron chi connectivity index (χ1n) is 11.5. The molecule has 0 saturated carbocycles. The Morgan fingerprint density at radius 1 is 1.18 bits per heavy atom. The SMILES string of the molecule is C/C(=N\OCc1ccc(C(C)(C)C)cc1)c1ccc(-c2noc([C@@H]3CCN(C(=N)N)C3)n2)cc1. The predicted octanol–water partition coefficient (Wildman–Crippen LogP) is 4.66. The number of rotatable bonds is 6. The highest BCUT2D eigenvalue weighted by molar-refractivity contribution is 5.98. The molecule has 1 saturated heterocycles. The van der Waals surface area contributed by atoms with Crippen molar-refractivity contribution in [2.75, 3.05) is 13.1 Å². The van der Waals surface area contributed by atoms with Crippen LogP contribution in [0.25, 0.3) is 11.4 Å². The quantitative estimate of drug-likeness (QED) is 0.314. The first-order valence-corrected chi connectivity index (χ1v) is 11.5. The minimum Gasteiger partial charge on any atom is -0.391 e. The first kappa shape index (κ1) is 23.5. The van der Waals surface area contributed by atoms with Gasteiger partial charge in [0.25, 0.3) is 0 Å². The number of aromatic nitrogens is 2. The average Bonchev–Trinajstić information content (AvgIpc) is 3.49. The highest BCUT2D eigenvalue weighted by Gasteiger charge is 2.29. The van der Waals surface area contributed by atoms with Gasteiger partial charge in [-0.2, -0.15) is 4.98 Å². The largest absolute Gasteiger partial charge is 0.391 e. The molecule has 2 aromatic carbocycles. The molecule has 1 aromatic heterocycles. The topological polar surface area (TPSA) is 114 Å². The maximum atomic E-state index is 7.57. The predicted molar refractivity (Wildman–Crippen MR) is 133 cm³/mol. The maximum Gasteiger partial charge on any atom is 0.231 e. The molecular formula is C26H32N6O2. The first-order chi connectivity index (χ1) is 16.2. The number of guanidine groups is 1. The van der Waals surface area contributed by atoms with Crippen molar-refractivity contribution >= 4 is 11.7 Å². The number of nitrogens with two attached hydrogens (primary N) is 1. The summed E-state index contributed by atoms with van der Waals surface area (Å²) in [6.45, 7) is 10.3. The van der Waals surface area contributed by atoms with Crippen LogP contribution in [0.5, 0.6) is 0 Å². The van der Waals surface area contributed by atoms with Crippen LogP contribution in [-0.2, 0) is 16.9 Å². The maximum absolute atomic E-state index is 7.57. The summed E-state index contributed by atoms with van der Waals surface area (Å²) in [7, 11) is 0. The van der Waals surface area contributed by atoms with E-state index in [4.69, 9.17) is 20.5 Å². The number of hydrogen-bond donors (Lipinski definition) is 2. The van der Waals surface area contributed by atoms with E-state index in [0.717, 1.165) is 35.4 Å². The fraction of sp³-hybridized carbons (Fsp3) is 0.385. The fourth-order valence-electron chi connectivity index (χ4n) is 3.92. The molecule has 4 rings (SSSR count). The summed E-state index contributed by atoms with van der Waals surface area (Å²) in [5, 5.41) is 16.0. The van der Waals surface area contributed by atoms with Gasteiger partial charge in [-0.05, 0) is 35.4 Å². The van der Waals surface area contributed by atoms with Gasteiger partial charge in [-0.1, -0.05) is 79.6 Å². The Balaban J connectivity index is 1.34. The second-order valence-corrected chi connectivity index (χ2v) is 9.75. The molecular weight excluding hydrogens is 428 g/mol. The van der Waals surface area contributed by atoms with Crippen LogP contribution in [0.4, 0.5) is 0 Å². The second kappa shape index (κ2) is 9.67. The van der Waals surface area contributed by atoms with Crippen LogP contribution in [0.2, 0.25) is 0 Å². The lowest BCUT2D eigenvalue weighted by Crippen LogP contribution is -2.34. The monoisotopic (exact) mass is 460 g/mol. The minimum absolute atomic E-state index is 0.0808. The zero-order valence-corrected chi connectivity index (χ0v) is 20.2. The summed E-state index contributed by atoms with van der Waals surface area (Å²) >= 11 is 0. The van der Waals surface area contributed by atoms with E-state index in [1.54, 1.807) is 0 Å². The molecule has 1 aliphatic heterocycles. The van der Waals surface area contributed by atoms with Crippen LogP contribution >= 0.6 is 0 Å². The van der Waals surface area contributed by atoms with Crippen molar-refractivity contribution in [2.45, 2.75) is 52.1 Å². The zero-order valence-electron chi connectivity index (χ0n) is 20.2. The van der Waals surface area contributed by atoms with Crippen LogP contribution in [0, 0.1) is 5.41 Å². The summed E-state index contributed by atoms with van der Waals surface area (Å²) in [6, 6.07) is 16.3. The molecule has 2 heterocycles. The van der Waals surface area contributed by atoms with Gasteiger partial charge in [0.2, 0.25) is 11.7 Å². The number of likely N-dealkylation sites (tertiary alicyclic amines) is 1. The molecule has 0 radical (unpaired) electrons. The van der Waals surface area contributed by atoms with Crippen molar-refractivity contribution in [2.24, 2.45) is 10.9 Å². The Bertz CT molecular complexity index is 1160. The third-order valence-electron chi connectivity index (χ3n) is 6.13. The van der Waals surface area contributed by atoms with Gasteiger partial charge in [-0.15, -0.1) is 0 Å². The van der Waals surface area contributed by atoms with Crippen LogP contribution in [-0.4, -0.2) is 39.8 Å². The van der Waals surface area contributed by atoms with Crippen LogP contribution in [0.15, 0.2) is 58.2 Å². The van der Waals surface area contributed by atoms with Gasteiger partial charge in [0.1, 0.15) is 6.61 Å². The minimum atomic E-state index is 0.0808. The molecule has 3 N–H and O–H groups in total. The molecule has 0 aliphatic carbocycles. The normalized spacial score (nSPS) is 16.6. The van der Waals surface area contributed by atoms with Crippen molar-refractivity contribution in [3.05, 3.63) is 71.1 Å². The van der Waals surface area contributed by atoms with E-state index >= 15 is 0 Å². The number of hydrogen-bond acceptors (Lipinski definition) is 6. The Morgan fingerprint density at radius 3 is 2.50 bits per heavy atom. The molecule has 3 aromatic rings. The van der Waals surface area contributed by atoms with Crippen molar-refractivity contribution in [3.8, 4) is 11.4 Å². The molecule has 1 fully saturated rings. The Morgan fingerprint density at radius 2 is 1.88 bits per heavy atom. The van der Waals surface area contributed by atoms with Crippen LogP contribution in [0.1, 0.15) is 62.6 Å². The molecule has 0 bridgehead atoms. The van der Waals surface area contributed by atoms with Gasteiger partial charge in [0.15, 0.2) is 5.96 Å².